The Morgan fingerprint density at radius 3 is 1.64 bits per heavy atom. The summed E-state index contributed by atoms with van der Waals surface area (Å²) >= 11 is 0. The summed E-state index contributed by atoms with van der Waals surface area (Å²) in [5.41, 5.74) is 2.69. The van der Waals surface area contributed by atoms with Crippen molar-refractivity contribution in [1.82, 2.24) is 0 Å². The van der Waals surface area contributed by atoms with Crippen molar-refractivity contribution >= 4 is 13.3 Å². The standard InChI is InChI=1S/C23H26OSi/c1-25(2,21-16-10-5-11-17-21)23(20-14-8-4-9-15-20)18-22(24)19-12-6-3-7-13-19/h3-17,22-24H,18H2,1-2H3. The molecule has 0 bridgehead atoms. The first-order valence-corrected chi connectivity index (χ1v) is 12.0. The Morgan fingerprint density at radius 2 is 1.12 bits per heavy atom. The lowest BCUT2D eigenvalue weighted by Gasteiger charge is -2.35. The summed E-state index contributed by atoms with van der Waals surface area (Å²) in [4.78, 5) is 0. The Kier molecular flexibility index (Phi) is 5.52. The van der Waals surface area contributed by atoms with Gasteiger partial charge in [-0.05, 0) is 23.1 Å². The van der Waals surface area contributed by atoms with Gasteiger partial charge >= 0.3 is 0 Å². The average molecular weight is 347 g/mol. The van der Waals surface area contributed by atoms with E-state index in [-0.39, 0.29) is 0 Å². The zero-order valence-electron chi connectivity index (χ0n) is 15.0. The van der Waals surface area contributed by atoms with Gasteiger partial charge in [0.25, 0.3) is 0 Å². The van der Waals surface area contributed by atoms with Crippen LogP contribution in [0.1, 0.15) is 29.2 Å². The van der Waals surface area contributed by atoms with Crippen LogP contribution in [0.2, 0.25) is 13.1 Å². The molecule has 0 fully saturated rings. The molecule has 0 saturated heterocycles. The quantitative estimate of drug-likeness (QED) is 0.619. The highest BCUT2D eigenvalue weighted by atomic mass is 28.3. The first-order valence-electron chi connectivity index (χ1n) is 8.92. The molecule has 0 spiro atoms. The molecule has 3 aromatic rings. The lowest BCUT2D eigenvalue weighted by molar-refractivity contribution is 0.165. The van der Waals surface area contributed by atoms with E-state index < -0.39 is 14.2 Å². The van der Waals surface area contributed by atoms with Crippen LogP contribution in [-0.2, 0) is 0 Å². The van der Waals surface area contributed by atoms with Crippen LogP contribution in [0.15, 0.2) is 91.0 Å². The molecule has 2 atom stereocenters. The Morgan fingerprint density at radius 1 is 0.680 bits per heavy atom. The fourth-order valence-electron chi connectivity index (χ4n) is 3.64. The van der Waals surface area contributed by atoms with Gasteiger partial charge in [-0.15, -0.1) is 0 Å². The molecular weight excluding hydrogens is 320 g/mol. The largest absolute Gasteiger partial charge is 0.388 e. The molecular formula is C23H26OSi. The van der Waals surface area contributed by atoms with Crippen molar-refractivity contribution in [3.05, 3.63) is 102 Å². The van der Waals surface area contributed by atoms with Crippen LogP contribution < -0.4 is 5.19 Å². The van der Waals surface area contributed by atoms with Crippen LogP contribution in [0.3, 0.4) is 0 Å². The van der Waals surface area contributed by atoms with E-state index in [0.29, 0.717) is 5.54 Å². The molecule has 0 aromatic heterocycles. The molecule has 25 heavy (non-hydrogen) atoms. The summed E-state index contributed by atoms with van der Waals surface area (Å²) in [6, 6.07) is 31.5. The zero-order chi connectivity index (χ0) is 17.7. The number of hydrogen-bond acceptors (Lipinski definition) is 1. The molecule has 0 saturated carbocycles. The molecule has 2 unspecified atom stereocenters. The van der Waals surface area contributed by atoms with E-state index in [4.69, 9.17) is 0 Å². The first kappa shape index (κ1) is 17.7. The van der Waals surface area contributed by atoms with Crippen molar-refractivity contribution in [2.45, 2.75) is 31.2 Å². The second-order valence-corrected chi connectivity index (χ2v) is 11.9. The van der Waals surface area contributed by atoms with Gasteiger partial charge in [-0.25, -0.2) is 0 Å². The number of rotatable bonds is 6. The Hall–Kier alpha value is -2.16. The molecule has 0 aliphatic rings. The van der Waals surface area contributed by atoms with Gasteiger partial charge in [0, 0.05) is 0 Å². The molecule has 0 heterocycles. The van der Waals surface area contributed by atoms with Crippen molar-refractivity contribution in [3.63, 3.8) is 0 Å². The summed E-state index contributed by atoms with van der Waals surface area (Å²) in [5, 5.41) is 12.3. The number of benzene rings is 3. The molecule has 1 nitrogen and oxygen atoms in total. The molecule has 0 aliphatic carbocycles. The lowest BCUT2D eigenvalue weighted by atomic mass is 10.0. The van der Waals surface area contributed by atoms with Crippen molar-refractivity contribution in [1.29, 1.82) is 0 Å². The van der Waals surface area contributed by atoms with E-state index in [1.165, 1.54) is 10.8 Å². The van der Waals surface area contributed by atoms with Crippen LogP contribution in [0, 0.1) is 0 Å². The molecule has 1 N–H and O–H groups in total. The van der Waals surface area contributed by atoms with Gasteiger partial charge in [0.05, 0.1) is 14.2 Å². The van der Waals surface area contributed by atoms with Crippen LogP contribution in [0.25, 0.3) is 0 Å². The van der Waals surface area contributed by atoms with Crippen LogP contribution in [-0.4, -0.2) is 13.2 Å². The van der Waals surface area contributed by atoms with E-state index in [2.05, 4.69) is 73.8 Å². The van der Waals surface area contributed by atoms with Gasteiger partial charge in [-0.1, -0.05) is 109 Å². The summed E-state index contributed by atoms with van der Waals surface area (Å²) in [7, 11) is -1.81. The maximum Gasteiger partial charge on any atom is 0.0880 e. The van der Waals surface area contributed by atoms with Crippen molar-refractivity contribution in [3.8, 4) is 0 Å². The predicted octanol–water partition coefficient (Wildman–Crippen LogP) is 5.05. The smallest absolute Gasteiger partial charge is 0.0880 e. The first-order chi connectivity index (χ1) is 12.1. The summed E-state index contributed by atoms with van der Waals surface area (Å²) < 4.78 is 0. The topological polar surface area (TPSA) is 20.2 Å². The highest BCUT2D eigenvalue weighted by Crippen LogP contribution is 2.35. The monoisotopic (exact) mass is 346 g/mol. The molecule has 0 aliphatic heterocycles. The summed E-state index contributed by atoms with van der Waals surface area (Å²) in [5.74, 6) is 0. The van der Waals surface area contributed by atoms with E-state index in [1.807, 2.05) is 30.3 Å². The second kappa shape index (κ2) is 7.81. The van der Waals surface area contributed by atoms with E-state index in [1.54, 1.807) is 0 Å². The molecule has 3 rings (SSSR count). The minimum absolute atomic E-state index is 0.353. The minimum Gasteiger partial charge on any atom is -0.388 e. The molecule has 0 amide bonds. The third kappa shape index (κ3) is 4.09. The van der Waals surface area contributed by atoms with Gasteiger partial charge < -0.3 is 5.11 Å². The van der Waals surface area contributed by atoms with E-state index in [0.717, 1.165) is 12.0 Å². The third-order valence-electron chi connectivity index (χ3n) is 5.23. The van der Waals surface area contributed by atoms with Crippen molar-refractivity contribution in [2.24, 2.45) is 0 Å². The van der Waals surface area contributed by atoms with Gasteiger partial charge in [-0.2, -0.15) is 0 Å². The fraction of sp³-hybridized carbons (Fsp3) is 0.217. The lowest BCUT2D eigenvalue weighted by Crippen LogP contribution is -2.48. The second-order valence-electron chi connectivity index (χ2n) is 7.21. The molecule has 0 radical (unpaired) electrons. The van der Waals surface area contributed by atoms with Gasteiger partial charge in [0.1, 0.15) is 0 Å². The molecule has 3 aromatic carbocycles. The van der Waals surface area contributed by atoms with Crippen LogP contribution in [0.5, 0.6) is 0 Å². The van der Waals surface area contributed by atoms with Crippen molar-refractivity contribution in [2.75, 3.05) is 0 Å². The van der Waals surface area contributed by atoms with Crippen molar-refractivity contribution < 1.29 is 5.11 Å². The third-order valence-corrected chi connectivity index (χ3v) is 9.37. The molecule has 128 valence electrons. The van der Waals surface area contributed by atoms with E-state index in [9.17, 15) is 5.11 Å². The SMILES string of the molecule is C[Si](C)(c1ccccc1)C(CC(O)c1ccccc1)c1ccccc1. The number of aliphatic hydroxyl groups excluding tert-OH is 1. The number of hydrogen-bond donors (Lipinski definition) is 1. The molecule has 2 heteroatoms. The number of aliphatic hydroxyl groups is 1. The van der Waals surface area contributed by atoms with Crippen LogP contribution in [0.4, 0.5) is 0 Å². The minimum atomic E-state index is -1.81. The summed E-state index contributed by atoms with van der Waals surface area (Å²) in [6.45, 7) is 4.83. The predicted molar refractivity (Wildman–Crippen MR) is 109 cm³/mol. The summed E-state index contributed by atoms with van der Waals surface area (Å²) in [6.07, 6.45) is 0.309. The van der Waals surface area contributed by atoms with Gasteiger partial charge in [0.15, 0.2) is 0 Å². The average Bonchev–Trinajstić information content (AvgIpc) is 2.68. The zero-order valence-corrected chi connectivity index (χ0v) is 16.0. The Labute approximate surface area is 152 Å². The van der Waals surface area contributed by atoms with Crippen LogP contribution >= 0.6 is 0 Å². The van der Waals surface area contributed by atoms with E-state index >= 15 is 0 Å². The van der Waals surface area contributed by atoms with Gasteiger partial charge in [-0.3, -0.25) is 0 Å². The fourth-order valence-corrected chi connectivity index (χ4v) is 6.93. The maximum absolute atomic E-state index is 10.9. The normalized spacial score (nSPS) is 14.0. The highest BCUT2D eigenvalue weighted by molar-refractivity contribution is 6.90. The Balaban J connectivity index is 1.96. The van der Waals surface area contributed by atoms with Gasteiger partial charge in [0.2, 0.25) is 0 Å². The Bertz CT molecular complexity index is 769. The maximum atomic E-state index is 10.9. The highest BCUT2D eigenvalue weighted by Gasteiger charge is 2.36.